The lowest BCUT2D eigenvalue weighted by atomic mass is 10.0. The van der Waals surface area contributed by atoms with Crippen molar-refractivity contribution < 1.29 is 24.5 Å². The average Bonchev–Trinajstić information content (AvgIpc) is 3.36. The third kappa shape index (κ3) is 53.4. The second kappa shape index (κ2) is 58.2. The van der Waals surface area contributed by atoms with Gasteiger partial charge in [-0.3, -0.25) is 9.59 Å². The number of carbonyl (C=O) groups is 2. The van der Waals surface area contributed by atoms with Gasteiger partial charge in [-0.05, 0) is 96.3 Å². The molecule has 0 aromatic heterocycles. The number of ether oxygens (including phenoxy) is 1. The van der Waals surface area contributed by atoms with Crippen molar-refractivity contribution in [2.75, 3.05) is 6.61 Å². The van der Waals surface area contributed by atoms with Gasteiger partial charge in [0.15, 0.2) is 0 Å². The van der Waals surface area contributed by atoms with Crippen molar-refractivity contribution in [3.63, 3.8) is 0 Å². The predicted molar refractivity (Wildman–Crippen MR) is 310 cm³/mol. The number of hydrogen-bond donors (Lipinski definition) is 3. The van der Waals surface area contributed by atoms with Crippen LogP contribution in [0.5, 0.6) is 0 Å². The molecule has 3 N–H and O–H groups in total. The Labute approximate surface area is 441 Å². The van der Waals surface area contributed by atoms with Gasteiger partial charge in [0.05, 0.1) is 25.2 Å². The van der Waals surface area contributed by atoms with Crippen LogP contribution in [0, 0.1) is 0 Å². The summed E-state index contributed by atoms with van der Waals surface area (Å²) in [4.78, 5) is 26.4. The van der Waals surface area contributed by atoms with Gasteiger partial charge in [-0.25, -0.2) is 0 Å². The molecule has 412 valence electrons. The van der Waals surface area contributed by atoms with Gasteiger partial charge in [0, 0.05) is 6.42 Å². The summed E-state index contributed by atoms with van der Waals surface area (Å²) in [5, 5.41) is 24.0. The molecule has 0 aliphatic rings. The summed E-state index contributed by atoms with van der Waals surface area (Å²) in [6.07, 6.45) is 75.4. The number of allylic oxidation sites excluding steroid dienone is 12. The zero-order valence-electron chi connectivity index (χ0n) is 47.1. The highest BCUT2D eigenvalue weighted by Gasteiger charge is 2.24. The molecule has 0 aromatic rings. The van der Waals surface area contributed by atoms with E-state index >= 15 is 0 Å². The number of aliphatic hydroxyl groups excluding tert-OH is 2. The highest BCUT2D eigenvalue weighted by molar-refractivity contribution is 5.77. The van der Waals surface area contributed by atoms with E-state index in [1.807, 2.05) is 0 Å². The van der Waals surface area contributed by atoms with Crippen molar-refractivity contribution in [1.82, 2.24) is 5.32 Å². The van der Waals surface area contributed by atoms with Crippen LogP contribution in [-0.2, 0) is 14.3 Å². The maximum absolute atomic E-state index is 13.3. The number of hydrogen-bond acceptors (Lipinski definition) is 5. The summed E-state index contributed by atoms with van der Waals surface area (Å²) in [6, 6.07) is -0.714. The van der Waals surface area contributed by atoms with E-state index < -0.39 is 18.2 Å². The standard InChI is InChI=1S/C65H117NO5/c1-4-7-10-13-16-19-22-25-28-31-32-34-37-40-43-46-49-52-55-58-65(70)71-61(56-53-50-47-44-41-38-35-33-29-26-23-20-17-14-11-8-5-2)59-64(69)66-62(60-67)63(68)57-54-51-48-45-42-39-36-30-27-24-21-18-15-12-9-6-3/h7,10,16,19,25-26,28-29,32,34,40,43,61-63,67-68H,4-6,8-9,11-15,17-18,20-24,27,30-31,33,35-39,41-42,44-60H2,1-3H3,(H,66,69)/b10-7-,19-16-,28-25-,29-26+,34-32-,43-40-. The molecule has 0 aromatic carbocycles. The van der Waals surface area contributed by atoms with Crippen molar-refractivity contribution in [2.24, 2.45) is 0 Å². The topological polar surface area (TPSA) is 95.9 Å². The number of amides is 1. The molecule has 0 rings (SSSR count). The SMILES string of the molecule is CC/C=C\C/C=C\C/C=C\C/C=C\C/C=C\CCCCCC(=O)OC(CCCCCCCCC/C=C/CCCCCCCC)CC(=O)NC(CO)C(O)CCCCCCCCCCCCCCCCCC. The van der Waals surface area contributed by atoms with Crippen molar-refractivity contribution in [2.45, 2.75) is 322 Å². The third-order valence-corrected chi connectivity index (χ3v) is 13.8. The number of unbranched alkanes of at least 4 members (excludes halogenated alkanes) is 31. The van der Waals surface area contributed by atoms with Gasteiger partial charge < -0.3 is 20.3 Å². The molecule has 0 saturated carbocycles. The second-order valence-corrected chi connectivity index (χ2v) is 20.7. The molecular weight excluding hydrogens is 875 g/mol. The van der Waals surface area contributed by atoms with E-state index in [0.717, 1.165) is 96.3 Å². The molecular formula is C65H117NO5. The minimum atomic E-state index is -0.799. The van der Waals surface area contributed by atoms with Crippen LogP contribution in [0.15, 0.2) is 72.9 Å². The zero-order valence-corrected chi connectivity index (χ0v) is 47.1. The first-order chi connectivity index (χ1) is 35.0. The first kappa shape index (κ1) is 68.3. The Balaban J connectivity index is 4.62. The molecule has 3 atom stereocenters. The van der Waals surface area contributed by atoms with Gasteiger partial charge in [-0.15, -0.1) is 0 Å². The van der Waals surface area contributed by atoms with E-state index in [1.54, 1.807) is 0 Å². The Bertz CT molecular complexity index is 1300. The smallest absolute Gasteiger partial charge is 0.306 e. The van der Waals surface area contributed by atoms with E-state index in [2.05, 4.69) is 99.0 Å². The monoisotopic (exact) mass is 992 g/mol. The van der Waals surface area contributed by atoms with Crippen molar-refractivity contribution in [3.8, 4) is 0 Å². The van der Waals surface area contributed by atoms with Crippen LogP contribution in [-0.4, -0.2) is 46.9 Å². The summed E-state index contributed by atoms with van der Waals surface area (Å²) in [5.41, 5.74) is 0. The van der Waals surface area contributed by atoms with E-state index in [1.165, 1.54) is 161 Å². The lowest BCUT2D eigenvalue weighted by Gasteiger charge is -2.24. The number of esters is 1. The van der Waals surface area contributed by atoms with Gasteiger partial charge in [-0.1, -0.05) is 267 Å². The highest BCUT2D eigenvalue weighted by atomic mass is 16.5. The molecule has 6 heteroatoms. The third-order valence-electron chi connectivity index (χ3n) is 13.8. The molecule has 0 heterocycles. The number of rotatable bonds is 55. The molecule has 0 saturated heterocycles. The maximum atomic E-state index is 13.3. The lowest BCUT2D eigenvalue weighted by molar-refractivity contribution is -0.151. The first-order valence-electron chi connectivity index (χ1n) is 30.7. The number of nitrogens with one attached hydrogen (secondary N) is 1. The number of aliphatic hydroxyl groups is 2. The maximum Gasteiger partial charge on any atom is 0.306 e. The summed E-state index contributed by atoms with van der Waals surface area (Å²) in [7, 11) is 0. The summed E-state index contributed by atoms with van der Waals surface area (Å²) < 4.78 is 5.96. The molecule has 0 aliphatic carbocycles. The van der Waals surface area contributed by atoms with Gasteiger partial charge in [-0.2, -0.15) is 0 Å². The Morgan fingerprint density at radius 2 is 0.761 bits per heavy atom. The molecule has 71 heavy (non-hydrogen) atoms. The Hall–Kier alpha value is -2.70. The van der Waals surface area contributed by atoms with Crippen LogP contribution in [0.25, 0.3) is 0 Å². The second-order valence-electron chi connectivity index (χ2n) is 20.7. The molecule has 6 nitrogen and oxygen atoms in total. The van der Waals surface area contributed by atoms with Crippen LogP contribution < -0.4 is 5.32 Å². The Morgan fingerprint density at radius 1 is 0.423 bits per heavy atom. The number of carbonyl (C=O) groups excluding carboxylic acids is 2. The van der Waals surface area contributed by atoms with Crippen LogP contribution >= 0.6 is 0 Å². The minimum absolute atomic E-state index is 0.0600. The van der Waals surface area contributed by atoms with Crippen LogP contribution in [0.2, 0.25) is 0 Å². The molecule has 0 aliphatic heterocycles. The molecule has 3 unspecified atom stereocenters. The predicted octanol–water partition coefficient (Wildman–Crippen LogP) is 19.3. The molecule has 0 bridgehead atoms. The fourth-order valence-electron chi connectivity index (χ4n) is 9.16. The fraction of sp³-hybridized carbons (Fsp3) is 0.785. The van der Waals surface area contributed by atoms with Gasteiger partial charge in [0.25, 0.3) is 0 Å². The minimum Gasteiger partial charge on any atom is -0.462 e. The van der Waals surface area contributed by atoms with E-state index in [-0.39, 0.29) is 24.9 Å². The zero-order chi connectivity index (χ0) is 51.6. The van der Waals surface area contributed by atoms with Gasteiger partial charge >= 0.3 is 5.97 Å². The van der Waals surface area contributed by atoms with Crippen molar-refractivity contribution >= 4 is 11.9 Å². The quantitative estimate of drug-likeness (QED) is 0.0321. The normalized spacial score (nSPS) is 13.6. The molecule has 0 radical (unpaired) electrons. The largest absolute Gasteiger partial charge is 0.462 e. The summed E-state index contributed by atoms with van der Waals surface area (Å²) >= 11 is 0. The van der Waals surface area contributed by atoms with Crippen molar-refractivity contribution in [1.29, 1.82) is 0 Å². The highest BCUT2D eigenvalue weighted by Crippen LogP contribution is 2.18. The fourth-order valence-corrected chi connectivity index (χ4v) is 9.16. The van der Waals surface area contributed by atoms with Crippen molar-refractivity contribution in [3.05, 3.63) is 72.9 Å². The summed E-state index contributed by atoms with van der Waals surface area (Å²) in [5.74, 6) is -0.507. The Kier molecular flexibility index (Phi) is 56.0. The van der Waals surface area contributed by atoms with E-state index in [4.69, 9.17) is 4.74 Å². The van der Waals surface area contributed by atoms with E-state index in [0.29, 0.717) is 19.3 Å². The van der Waals surface area contributed by atoms with Crippen LogP contribution in [0.1, 0.15) is 303 Å². The molecule has 1 amide bonds. The molecule has 0 fully saturated rings. The average molecular weight is 993 g/mol. The summed E-state index contributed by atoms with van der Waals surface area (Å²) in [6.45, 7) is 6.39. The van der Waals surface area contributed by atoms with Crippen LogP contribution in [0.4, 0.5) is 0 Å². The van der Waals surface area contributed by atoms with E-state index in [9.17, 15) is 19.8 Å². The molecule has 0 spiro atoms. The Morgan fingerprint density at radius 3 is 1.17 bits per heavy atom. The lowest BCUT2D eigenvalue weighted by Crippen LogP contribution is -2.46. The van der Waals surface area contributed by atoms with Gasteiger partial charge in [0.1, 0.15) is 6.10 Å². The van der Waals surface area contributed by atoms with Gasteiger partial charge in [0.2, 0.25) is 5.91 Å². The first-order valence-corrected chi connectivity index (χ1v) is 30.7. The van der Waals surface area contributed by atoms with Crippen LogP contribution in [0.3, 0.4) is 0 Å².